The molecule has 0 saturated heterocycles. The van der Waals surface area contributed by atoms with Crippen molar-refractivity contribution in [3.05, 3.63) is 52.8 Å². The van der Waals surface area contributed by atoms with Gasteiger partial charge in [0, 0.05) is 16.1 Å². The van der Waals surface area contributed by atoms with E-state index in [1.54, 1.807) is 39.3 Å². The van der Waals surface area contributed by atoms with E-state index < -0.39 is 51.0 Å². The van der Waals surface area contributed by atoms with E-state index in [1.807, 2.05) is 0 Å². The zero-order valence-electron chi connectivity index (χ0n) is 18.2. The molecule has 0 aliphatic carbocycles. The number of ether oxygens (including phenoxy) is 1. The smallest absolute Gasteiger partial charge is 0.337 e. The lowest BCUT2D eigenvalue weighted by molar-refractivity contribution is 0.0600. The molecule has 2 aromatic carbocycles. The minimum atomic E-state index is -2.57. The van der Waals surface area contributed by atoms with Crippen LogP contribution in [0.4, 0.5) is 18.9 Å². The van der Waals surface area contributed by atoms with Crippen molar-refractivity contribution in [1.29, 1.82) is 0 Å². The number of nitrogens with one attached hydrogen (secondary N) is 1. The van der Waals surface area contributed by atoms with E-state index in [9.17, 15) is 9.59 Å². The van der Waals surface area contributed by atoms with E-state index in [-0.39, 0.29) is 21.6 Å². The Hall–Kier alpha value is -2.40. The van der Waals surface area contributed by atoms with Crippen molar-refractivity contribution in [2.24, 2.45) is 0 Å². The summed E-state index contributed by atoms with van der Waals surface area (Å²) in [7, 11) is -3.91. The van der Waals surface area contributed by atoms with Crippen LogP contribution in [0, 0.1) is 17.5 Å². The molecular weight excluding hydrogens is 427 g/mol. The van der Waals surface area contributed by atoms with E-state index in [0.717, 1.165) is 0 Å². The molecule has 0 aliphatic heterocycles. The van der Waals surface area contributed by atoms with Gasteiger partial charge in [-0.1, -0.05) is 39.3 Å². The van der Waals surface area contributed by atoms with Crippen LogP contribution in [-0.4, -0.2) is 35.1 Å². The van der Waals surface area contributed by atoms with Crippen LogP contribution in [0.5, 0.6) is 0 Å². The van der Waals surface area contributed by atoms with E-state index in [1.165, 1.54) is 31.4 Å². The number of rotatable bonds is 5. The Labute approximate surface area is 176 Å². The minimum absolute atomic E-state index is 0.174. The second kappa shape index (κ2) is 8.39. The standard InChI is InChI=1S/C21H26F3NO3Si2/c1-28-21(27)12-8-10-13(11-9-12)25-20(26)14-15(22)18(29(2,3)4)17(24)19(16(14)23)30(5,6)7/h8-11H,1-7H3,(H,25,26). The van der Waals surface area contributed by atoms with Gasteiger partial charge in [-0.25, -0.2) is 18.0 Å². The van der Waals surface area contributed by atoms with Crippen molar-refractivity contribution >= 4 is 44.1 Å². The zero-order valence-corrected chi connectivity index (χ0v) is 20.2. The number of esters is 1. The molecule has 30 heavy (non-hydrogen) atoms. The Morgan fingerprint density at radius 1 is 0.800 bits per heavy atom. The van der Waals surface area contributed by atoms with Crippen molar-refractivity contribution in [3.63, 3.8) is 0 Å². The number of carbonyl (C=O) groups excluding carboxylic acids is 2. The lowest BCUT2D eigenvalue weighted by Gasteiger charge is -2.27. The molecule has 0 saturated carbocycles. The average molecular weight is 454 g/mol. The highest BCUT2D eigenvalue weighted by molar-refractivity contribution is 6.91. The molecule has 0 aromatic heterocycles. The molecule has 0 unspecified atom stereocenters. The second-order valence-electron chi connectivity index (χ2n) is 9.09. The summed E-state index contributed by atoms with van der Waals surface area (Å²) in [5.74, 6) is -4.70. The first kappa shape index (κ1) is 23.9. The monoisotopic (exact) mass is 453 g/mol. The molecule has 0 atom stereocenters. The van der Waals surface area contributed by atoms with Gasteiger partial charge in [0.2, 0.25) is 0 Å². The Bertz CT molecular complexity index is 954. The zero-order chi connectivity index (χ0) is 23.0. The van der Waals surface area contributed by atoms with Crippen LogP contribution in [0.1, 0.15) is 20.7 Å². The molecule has 0 heterocycles. The van der Waals surface area contributed by atoms with Crippen LogP contribution in [0.25, 0.3) is 0 Å². The van der Waals surface area contributed by atoms with E-state index in [4.69, 9.17) is 0 Å². The number of anilines is 1. The highest BCUT2D eigenvalue weighted by Crippen LogP contribution is 2.21. The van der Waals surface area contributed by atoms with E-state index in [2.05, 4.69) is 10.1 Å². The van der Waals surface area contributed by atoms with E-state index in [0.29, 0.717) is 0 Å². The average Bonchev–Trinajstić information content (AvgIpc) is 2.58. The first-order valence-corrected chi connectivity index (χ1v) is 16.4. The van der Waals surface area contributed by atoms with Gasteiger partial charge in [0.1, 0.15) is 23.0 Å². The summed E-state index contributed by atoms with van der Waals surface area (Å²) >= 11 is 0. The summed E-state index contributed by atoms with van der Waals surface area (Å²) in [6, 6.07) is 5.67. The fourth-order valence-electron chi connectivity index (χ4n) is 3.18. The van der Waals surface area contributed by atoms with Crippen molar-refractivity contribution < 1.29 is 27.5 Å². The Morgan fingerprint density at radius 2 is 1.23 bits per heavy atom. The van der Waals surface area contributed by atoms with Crippen LogP contribution < -0.4 is 15.7 Å². The predicted molar refractivity (Wildman–Crippen MR) is 118 cm³/mol. The SMILES string of the molecule is COC(=O)c1ccc(NC(=O)c2c(F)c([Si](C)(C)C)c(F)c([Si](C)(C)C)c2F)cc1. The molecule has 162 valence electrons. The van der Waals surface area contributed by atoms with Gasteiger partial charge >= 0.3 is 5.97 Å². The summed E-state index contributed by atoms with van der Waals surface area (Å²) in [6.07, 6.45) is 0. The second-order valence-corrected chi connectivity index (χ2v) is 19.1. The van der Waals surface area contributed by atoms with Crippen molar-refractivity contribution in [2.45, 2.75) is 39.3 Å². The molecule has 2 rings (SSSR count). The number of halogens is 3. The van der Waals surface area contributed by atoms with Crippen molar-refractivity contribution in [3.8, 4) is 0 Å². The Kier molecular flexibility index (Phi) is 6.67. The summed E-state index contributed by atoms with van der Waals surface area (Å²) in [5, 5.41) is 2.09. The summed E-state index contributed by atoms with van der Waals surface area (Å²) in [5.41, 5.74) is -0.278. The third-order valence-corrected chi connectivity index (χ3v) is 8.49. The quantitative estimate of drug-likeness (QED) is 0.544. The fraction of sp³-hybridized carbons (Fsp3) is 0.333. The highest BCUT2D eigenvalue weighted by Gasteiger charge is 2.38. The van der Waals surface area contributed by atoms with Gasteiger partial charge in [0.05, 0.1) is 28.8 Å². The molecule has 4 nitrogen and oxygen atoms in total. The number of methoxy groups -OCH3 is 1. The molecule has 1 N–H and O–H groups in total. The minimum Gasteiger partial charge on any atom is -0.465 e. The lowest BCUT2D eigenvalue weighted by atomic mass is 10.1. The first-order chi connectivity index (χ1) is 13.7. The highest BCUT2D eigenvalue weighted by atomic mass is 28.3. The molecule has 0 aliphatic rings. The molecule has 0 bridgehead atoms. The van der Waals surface area contributed by atoms with Crippen molar-refractivity contribution in [1.82, 2.24) is 0 Å². The third kappa shape index (κ3) is 4.67. The van der Waals surface area contributed by atoms with Gasteiger partial charge in [0.25, 0.3) is 5.91 Å². The largest absolute Gasteiger partial charge is 0.465 e. The molecule has 0 fully saturated rings. The number of hydrogen-bond donors (Lipinski definition) is 1. The number of amides is 1. The van der Waals surface area contributed by atoms with Crippen LogP contribution in [0.2, 0.25) is 39.3 Å². The topological polar surface area (TPSA) is 55.4 Å². The maximum Gasteiger partial charge on any atom is 0.337 e. The maximum atomic E-state index is 15.3. The molecule has 9 heteroatoms. The summed E-state index contributed by atoms with van der Waals surface area (Å²) in [6.45, 7) is 10.5. The number of hydrogen-bond acceptors (Lipinski definition) is 3. The lowest BCUT2D eigenvalue weighted by Crippen LogP contribution is -2.53. The molecule has 1 amide bonds. The molecule has 0 spiro atoms. The first-order valence-electron chi connectivity index (χ1n) is 9.41. The van der Waals surface area contributed by atoms with Crippen LogP contribution >= 0.6 is 0 Å². The van der Waals surface area contributed by atoms with Crippen LogP contribution in [0.3, 0.4) is 0 Å². The third-order valence-electron chi connectivity index (χ3n) is 4.61. The Balaban J connectivity index is 2.60. The van der Waals surface area contributed by atoms with Gasteiger partial charge < -0.3 is 10.1 Å². The van der Waals surface area contributed by atoms with Gasteiger partial charge in [-0.3, -0.25) is 4.79 Å². The maximum absolute atomic E-state index is 15.3. The van der Waals surface area contributed by atoms with Crippen LogP contribution in [0.15, 0.2) is 24.3 Å². The van der Waals surface area contributed by atoms with E-state index >= 15 is 13.2 Å². The van der Waals surface area contributed by atoms with Gasteiger partial charge in [-0.15, -0.1) is 0 Å². The Morgan fingerprint density at radius 3 is 1.60 bits per heavy atom. The van der Waals surface area contributed by atoms with Gasteiger partial charge in [-0.05, 0) is 24.3 Å². The van der Waals surface area contributed by atoms with Gasteiger partial charge in [0.15, 0.2) is 0 Å². The summed E-state index contributed by atoms with van der Waals surface area (Å²) < 4.78 is 50.4. The predicted octanol–water partition coefficient (Wildman–Crippen LogP) is 4.23. The number of benzene rings is 2. The summed E-state index contributed by atoms with van der Waals surface area (Å²) in [4.78, 5) is 24.3. The van der Waals surface area contributed by atoms with Crippen LogP contribution in [-0.2, 0) is 4.74 Å². The molecule has 0 radical (unpaired) electrons. The normalized spacial score (nSPS) is 11.9. The van der Waals surface area contributed by atoms with Crippen molar-refractivity contribution in [2.75, 3.05) is 12.4 Å². The molecular formula is C21H26F3NO3Si2. The molecule has 2 aromatic rings. The fourth-order valence-corrected chi connectivity index (χ4v) is 6.44. The van der Waals surface area contributed by atoms with Gasteiger partial charge in [-0.2, -0.15) is 0 Å². The number of carbonyl (C=O) groups is 2.